The second kappa shape index (κ2) is 12.6. The molecule has 0 saturated carbocycles. The van der Waals surface area contributed by atoms with Gasteiger partial charge in [-0.2, -0.15) is 5.10 Å². The monoisotopic (exact) mass is 538 g/mol. The van der Waals surface area contributed by atoms with Crippen LogP contribution in [-0.2, 0) is 24.3 Å². The van der Waals surface area contributed by atoms with Crippen molar-refractivity contribution in [3.8, 4) is 11.5 Å². The number of carbonyl (C=O) groups is 2. The number of hydrogen-bond acceptors (Lipinski definition) is 8. The molecule has 0 aromatic heterocycles. The number of anilines is 1. The van der Waals surface area contributed by atoms with Crippen LogP contribution >= 0.6 is 11.6 Å². The van der Waals surface area contributed by atoms with Crippen LogP contribution in [0.2, 0.25) is 5.02 Å². The molecule has 3 rings (SSSR count). The minimum Gasteiger partial charge on any atom is -0.495 e. The van der Waals surface area contributed by atoms with Gasteiger partial charge in [-0.3, -0.25) is 13.9 Å². The van der Waals surface area contributed by atoms with Gasteiger partial charge in [-0.1, -0.05) is 11.6 Å². The fraction of sp³-hybridized carbons (Fsp3) is 0.348. The molecule has 1 heterocycles. The number of halogens is 1. The smallest absolute Gasteiger partial charge is 0.260 e. The number of morpholine rings is 1. The summed E-state index contributed by atoms with van der Waals surface area (Å²) in [6.45, 7) is 1.55. The molecule has 2 amide bonds. The Bertz CT molecular complexity index is 1200. The molecule has 13 heteroatoms. The molecule has 2 aromatic carbocycles. The zero-order valence-electron chi connectivity index (χ0n) is 19.8. The maximum absolute atomic E-state index is 12.4. The molecular weight excluding hydrogens is 512 g/mol. The lowest BCUT2D eigenvalue weighted by atomic mass is 10.2. The van der Waals surface area contributed by atoms with Gasteiger partial charge < -0.3 is 19.1 Å². The molecule has 1 saturated heterocycles. The van der Waals surface area contributed by atoms with Gasteiger partial charge in [0.1, 0.15) is 18.0 Å². The third-order valence-electron chi connectivity index (χ3n) is 5.11. The van der Waals surface area contributed by atoms with Crippen molar-refractivity contribution in [1.82, 2.24) is 10.3 Å². The average Bonchev–Trinajstić information content (AvgIpc) is 2.86. The third-order valence-corrected chi connectivity index (χ3v) is 6.47. The summed E-state index contributed by atoms with van der Waals surface area (Å²) in [5, 5.41) is 4.17. The van der Waals surface area contributed by atoms with Crippen LogP contribution < -0.4 is 19.2 Å². The first-order valence-electron chi connectivity index (χ1n) is 10.9. The maximum atomic E-state index is 12.4. The number of nitrogens with one attached hydrogen (secondary N) is 1. The first-order chi connectivity index (χ1) is 17.2. The Morgan fingerprint density at radius 2 is 1.89 bits per heavy atom. The van der Waals surface area contributed by atoms with Gasteiger partial charge in [0.05, 0.1) is 38.5 Å². The van der Waals surface area contributed by atoms with Crippen molar-refractivity contribution in [2.45, 2.75) is 0 Å². The van der Waals surface area contributed by atoms with E-state index >= 15 is 0 Å². The molecule has 1 aliphatic rings. The summed E-state index contributed by atoms with van der Waals surface area (Å²) in [6, 6.07) is 11.2. The Labute approximate surface area is 214 Å². The topological polar surface area (TPSA) is 127 Å². The summed E-state index contributed by atoms with van der Waals surface area (Å²) >= 11 is 6.00. The zero-order valence-corrected chi connectivity index (χ0v) is 21.4. The van der Waals surface area contributed by atoms with Gasteiger partial charge in [0, 0.05) is 18.1 Å². The number of carbonyl (C=O) groups excluding carboxylic acids is 2. The molecule has 0 radical (unpaired) electrons. The fourth-order valence-corrected chi connectivity index (χ4v) is 4.30. The molecule has 11 nitrogen and oxygen atoms in total. The van der Waals surface area contributed by atoms with E-state index in [0.717, 1.165) is 10.6 Å². The highest BCUT2D eigenvalue weighted by atomic mass is 35.5. The van der Waals surface area contributed by atoms with E-state index in [1.54, 1.807) is 35.2 Å². The van der Waals surface area contributed by atoms with Gasteiger partial charge in [0.25, 0.3) is 11.8 Å². The van der Waals surface area contributed by atoms with Crippen molar-refractivity contribution in [1.29, 1.82) is 0 Å². The standard InChI is InChI=1S/C23H27ClN4O7S/c1-33-21-8-5-18(24)13-20(21)28(36(2,31)32)15-22(29)26-25-14-17-3-6-19(7-4-17)35-16-23(30)27-9-11-34-12-10-27/h3-8,13-14H,9-12,15-16H2,1-2H3,(H,26,29)/b25-14-. The van der Waals surface area contributed by atoms with Crippen LogP contribution in [0.4, 0.5) is 5.69 Å². The molecule has 0 aliphatic carbocycles. The van der Waals surface area contributed by atoms with Gasteiger partial charge in [0.2, 0.25) is 10.0 Å². The number of rotatable bonds is 10. The lowest BCUT2D eigenvalue weighted by molar-refractivity contribution is -0.137. The van der Waals surface area contributed by atoms with Gasteiger partial charge in [0.15, 0.2) is 6.61 Å². The van der Waals surface area contributed by atoms with E-state index in [1.807, 2.05) is 0 Å². The van der Waals surface area contributed by atoms with Crippen molar-refractivity contribution in [2.75, 3.05) is 57.1 Å². The van der Waals surface area contributed by atoms with E-state index in [-0.39, 0.29) is 29.0 Å². The zero-order chi connectivity index (χ0) is 26.1. The molecule has 0 spiro atoms. The van der Waals surface area contributed by atoms with Crippen LogP contribution in [-0.4, -0.2) is 84.2 Å². The summed E-state index contributed by atoms with van der Waals surface area (Å²) in [6.07, 6.45) is 2.37. The Balaban J connectivity index is 1.54. The maximum Gasteiger partial charge on any atom is 0.260 e. The third kappa shape index (κ3) is 7.83. The van der Waals surface area contributed by atoms with Crippen LogP contribution in [0.5, 0.6) is 11.5 Å². The number of ether oxygens (including phenoxy) is 3. The Morgan fingerprint density at radius 1 is 1.19 bits per heavy atom. The SMILES string of the molecule is COc1ccc(Cl)cc1N(CC(=O)N/N=C\c1ccc(OCC(=O)N2CCOCC2)cc1)S(C)(=O)=O. The van der Waals surface area contributed by atoms with Gasteiger partial charge in [-0.05, 0) is 48.0 Å². The van der Waals surface area contributed by atoms with Gasteiger partial charge in [-0.25, -0.2) is 13.8 Å². The van der Waals surface area contributed by atoms with Crippen molar-refractivity contribution in [2.24, 2.45) is 5.10 Å². The van der Waals surface area contributed by atoms with Crippen LogP contribution in [0, 0.1) is 0 Å². The highest BCUT2D eigenvalue weighted by Crippen LogP contribution is 2.32. The number of amides is 2. The number of hydrogen-bond donors (Lipinski definition) is 1. The van der Waals surface area contributed by atoms with E-state index in [0.29, 0.717) is 37.6 Å². The largest absolute Gasteiger partial charge is 0.495 e. The second-order valence-electron chi connectivity index (χ2n) is 7.73. The van der Waals surface area contributed by atoms with E-state index in [1.165, 1.54) is 25.5 Å². The Hall–Kier alpha value is -3.35. The number of nitrogens with zero attached hydrogens (tertiary/aromatic N) is 3. The Morgan fingerprint density at radius 3 is 2.53 bits per heavy atom. The number of sulfonamides is 1. The summed E-state index contributed by atoms with van der Waals surface area (Å²) in [5.41, 5.74) is 3.09. The van der Waals surface area contributed by atoms with Crippen LogP contribution in [0.3, 0.4) is 0 Å². The van der Waals surface area contributed by atoms with Crippen LogP contribution in [0.1, 0.15) is 5.56 Å². The summed E-state index contributed by atoms with van der Waals surface area (Å²) in [4.78, 5) is 26.3. The molecule has 0 atom stereocenters. The second-order valence-corrected chi connectivity index (χ2v) is 10.1. The average molecular weight is 539 g/mol. The number of hydrazone groups is 1. The Kier molecular flexibility index (Phi) is 9.51. The predicted molar refractivity (Wildman–Crippen MR) is 135 cm³/mol. The first kappa shape index (κ1) is 27.2. The van der Waals surface area contributed by atoms with Crippen LogP contribution in [0.15, 0.2) is 47.6 Å². The van der Waals surface area contributed by atoms with Crippen molar-refractivity contribution in [3.05, 3.63) is 53.1 Å². The molecule has 1 N–H and O–H groups in total. The van der Waals surface area contributed by atoms with Crippen molar-refractivity contribution < 1.29 is 32.2 Å². The molecule has 36 heavy (non-hydrogen) atoms. The van der Waals surface area contributed by atoms with Crippen molar-refractivity contribution >= 4 is 45.3 Å². The van der Waals surface area contributed by atoms with Crippen LogP contribution in [0.25, 0.3) is 0 Å². The molecule has 2 aromatic rings. The molecule has 0 bridgehead atoms. The van der Waals surface area contributed by atoms with E-state index in [9.17, 15) is 18.0 Å². The van der Waals surface area contributed by atoms with Crippen molar-refractivity contribution in [3.63, 3.8) is 0 Å². The minimum atomic E-state index is -3.83. The molecule has 1 aliphatic heterocycles. The normalized spacial score (nSPS) is 13.9. The molecule has 194 valence electrons. The molecule has 0 unspecified atom stereocenters. The predicted octanol–water partition coefficient (Wildman–Crippen LogP) is 1.50. The molecule has 1 fully saturated rings. The summed E-state index contributed by atoms with van der Waals surface area (Å²) in [7, 11) is -2.44. The highest BCUT2D eigenvalue weighted by Gasteiger charge is 2.24. The lowest BCUT2D eigenvalue weighted by Gasteiger charge is -2.26. The summed E-state index contributed by atoms with van der Waals surface area (Å²) in [5.74, 6) is -0.0161. The molecular formula is C23H27ClN4O7S. The number of benzene rings is 2. The quantitative estimate of drug-likeness (QED) is 0.359. The first-order valence-corrected chi connectivity index (χ1v) is 13.1. The number of methoxy groups -OCH3 is 1. The minimum absolute atomic E-state index is 0.0717. The van der Waals surface area contributed by atoms with E-state index in [2.05, 4.69) is 10.5 Å². The summed E-state index contributed by atoms with van der Waals surface area (Å²) < 4.78 is 41.5. The fourth-order valence-electron chi connectivity index (χ4n) is 3.28. The highest BCUT2D eigenvalue weighted by molar-refractivity contribution is 7.92. The van der Waals surface area contributed by atoms with Gasteiger partial charge in [-0.15, -0.1) is 0 Å². The van der Waals surface area contributed by atoms with E-state index < -0.39 is 22.5 Å². The lowest BCUT2D eigenvalue weighted by Crippen LogP contribution is -2.42. The van der Waals surface area contributed by atoms with Gasteiger partial charge >= 0.3 is 0 Å². The van der Waals surface area contributed by atoms with E-state index in [4.69, 9.17) is 25.8 Å².